The zero-order valence-corrected chi connectivity index (χ0v) is 11.8. The van der Waals surface area contributed by atoms with E-state index in [1.165, 1.54) is 64.2 Å². The van der Waals surface area contributed by atoms with E-state index in [4.69, 9.17) is 6.42 Å². The van der Waals surface area contributed by atoms with Gasteiger partial charge in [-0.05, 0) is 0 Å². The molecule has 0 bridgehead atoms. The predicted octanol–water partition coefficient (Wildman–Crippen LogP) is 4.43. The summed E-state index contributed by atoms with van der Waals surface area (Å²) < 4.78 is 3.11. The van der Waals surface area contributed by atoms with Crippen LogP contribution < -0.4 is 0 Å². The van der Waals surface area contributed by atoms with Gasteiger partial charge in [-0.2, -0.15) is 0 Å². The van der Waals surface area contributed by atoms with Crippen molar-refractivity contribution in [2.75, 3.05) is 0 Å². The fraction of sp³-hybridized carbons (Fsp3) is 0.800. The summed E-state index contributed by atoms with van der Waals surface area (Å²) in [7, 11) is 0. The van der Waals surface area contributed by atoms with Crippen LogP contribution in [-0.4, -0.2) is 15.7 Å². The van der Waals surface area contributed by atoms with Crippen molar-refractivity contribution in [3.63, 3.8) is 0 Å². The van der Waals surface area contributed by atoms with Crippen molar-refractivity contribution in [2.45, 2.75) is 77.0 Å². The molecule has 0 aromatic heterocycles. The number of unbranched alkanes of at least 4 members (excludes halogenated alkanes) is 11. The normalized spacial score (nSPS) is 9.81. The Morgan fingerprint density at radius 2 is 1.00 bits per heavy atom. The summed E-state index contributed by atoms with van der Waals surface area (Å²) >= 11 is 2.56. The van der Waals surface area contributed by atoms with Crippen LogP contribution >= 0.6 is 0 Å². The van der Waals surface area contributed by atoms with Crippen LogP contribution in [0.5, 0.6) is 0 Å². The molecule has 0 rings (SSSR count). The molecule has 0 fully saturated rings. The van der Waals surface area contributed by atoms with Gasteiger partial charge in [0.25, 0.3) is 0 Å². The van der Waals surface area contributed by atoms with E-state index in [-0.39, 0.29) is 0 Å². The molecule has 0 radical (unpaired) electrons. The monoisotopic (exact) mass is 232 g/mol. The van der Waals surface area contributed by atoms with E-state index in [1.807, 2.05) is 0 Å². The van der Waals surface area contributed by atoms with Gasteiger partial charge in [0.05, 0.1) is 0 Å². The van der Waals surface area contributed by atoms with Crippen molar-refractivity contribution in [2.24, 2.45) is 0 Å². The van der Waals surface area contributed by atoms with E-state index >= 15 is 0 Å². The van der Waals surface area contributed by atoms with Crippen LogP contribution in [0, 0.1) is 17.0 Å². The molecule has 16 heavy (non-hydrogen) atoms. The molecule has 0 nitrogen and oxygen atoms in total. The molecule has 0 aromatic rings. The van der Waals surface area contributed by atoms with Crippen LogP contribution in [0.1, 0.15) is 77.0 Å². The Morgan fingerprint density at radius 1 is 0.625 bits per heavy atom. The second-order valence-electron chi connectivity index (χ2n) is 4.44. The molecule has 0 saturated carbocycles. The van der Waals surface area contributed by atoms with Crippen molar-refractivity contribution in [1.82, 2.24) is 0 Å². The second kappa shape index (κ2) is 14.9. The summed E-state index contributed by atoms with van der Waals surface area (Å²) in [5.41, 5.74) is 0. The first kappa shape index (κ1) is 15.9. The summed E-state index contributed by atoms with van der Waals surface area (Å²) in [4.78, 5) is 0. The van der Waals surface area contributed by atoms with E-state index in [9.17, 15) is 0 Å². The van der Waals surface area contributed by atoms with Crippen LogP contribution in [0.15, 0.2) is 0 Å². The molecule has 0 N–H and O–H groups in total. The molecule has 0 spiro atoms. The quantitative estimate of drug-likeness (QED) is 0.281. The topological polar surface area (TPSA) is 0 Å². The molecular weight excluding hydrogens is 207 g/mol. The Labute approximate surface area is 110 Å². The summed E-state index contributed by atoms with van der Waals surface area (Å²) in [6.07, 6.45) is 21.0. The van der Waals surface area contributed by atoms with E-state index < -0.39 is 0 Å². The average Bonchev–Trinajstić information content (AvgIpc) is 2.31. The molecule has 0 atom stereocenters. The van der Waals surface area contributed by atoms with Gasteiger partial charge in [0, 0.05) is 6.42 Å². The second-order valence-corrected chi connectivity index (χ2v) is 4.85. The molecule has 0 amide bonds. The van der Waals surface area contributed by atoms with Gasteiger partial charge in [-0.3, -0.25) is 0 Å². The molecule has 0 aliphatic carbocycles. The van der Waals surface area contributed by atoms with Gasteiger partial charge in [-0.15, -0.1) is 12.3 Å². The van der Waals surface area contributed by atoms with Crippen molar-refractivity contribution in [1.29, 1.82) is 0 Å². The van der Waals surface area contributed by atoms with Crippen LogP contribution in [0.4, 0.5) is 0 Å². The third-order valence-electron chi connectivity index (χ3n) is 2.89. The SMILES string of the molecule is C#CCCCCCCCCCCCC[C]#[Al]. The molecule has 0 aliphatic heterocycles. The summed E-state index contributed by atoms with van der Waals surface area (Å²) in [5.74, 6) is 2.70. The third-order valence-corrected chi connectivity index (χ3v) is 3.18. The predicted molar refractivity (Wildman–Crippen MR) is 73.9 cm³/mol. The Kier molecular flexibility index (Phi) is 14.8. The average molecular weight is 232 g/mol. The molecule has 0 heterocycles. The van der Waals surface area contributed by atoms with Crippen molar-refractivity contribution < 1.29 is 0 Å². The maximum absolute atomic E-state index is 5.20. The molecule has 0 aliphatic rings. The van der Waals surface area contributed by atoms with Gasteiger partial charge in [0.2, 0.25) is 0 Å². The fourth-order valence-electron chi connectivity index (χ4n) is 1.87. The number of hydrogen-bond acceptors (Lipinski definition) is 0. The molecular formula is C15H25Al. The Morgan fingerprint density at radius 3 is 1.38 bits per heavy atom. The van der Waals surface area contributed by atoms with E-state index in [2.05, 4.69) is 26.3 Å². The third kappa shape index (κ3) is 13.9. The molecule has 0 saturated heterocycles. The summed E-state index contributed by atoms with van der Waals surface area (Å²) in [6.45, 7) is 0. The minimum atomic E-state index is 0.962. The van der Waals surface area contributed by atoms with Crippen molar-refractivity contribution in [3.8, 4) is 17.0 Å². The first-order valence-electron chi connectivity index (χ1n) is 6.78. The summed E-state index contributed by atoms with van der Waals surface area (Å²) in [6, 6.07) is 0. The van der Waals surface area contributed by atoms with Crippen molar-refractivity contribution in [3.05, 3.63) is 0 Å². The fourth-order valence-corrected chi connectivity index (χ4v) is 2.07. The minimum absolute atomic E-state index is 0.962. The Hall–Kier alpha value is -0.128. The Balaban J connectivity index is 2.89. The maximum atomic E-state index is 5.20. The standard InChI is InChI=1S/C15H25.Al/c1-3-5-7-9-11-13-15-14-12-10-8-6-4-2;/h1H,4-15H2;. The van der Waals surface area contributed by atoms with Gasteiger partial charge >= 0.3 is 91.0 Å². The zero-order valence-electron chi connectivity index (χ0n) is 10.6. The molecule has 88 valence electrons. The van der Waals surface area contributed by atoms with Crippen molar-refractivity contribution >= 4 is 15.7 Å². The molecule has 0 aromatic carbocycles. The van der Waals surface area contributed by atoms with E-state index in [0.717, 1.165) is 12.8 Å². The first-order chi connectivity index (χ1) is 7.91. The van der Waals surface area contributed by atoms with E-state index in [1.54, 1.807) is 0 Å². The number of terminal acetylenes is 1. The van der Waals surface area contributed by atoms with Crippen LogP contribution in [0.2, 0.25) is 0 Å². The molecule has 0 unspecified atom stereocenters. The van der Waals surface area contributed by atoms with Gasteiger partial charge in [0.15, 0.2) is 0 Å². The van der Waals surface area contributed by atoms with E-state index in [0.29, 0.717) is 0 Å². The zero-order chi connectivity index (χ0) is 11.9. The number of hydrogen-bond donors (Lipinski definition) is 0. The first-order valence-corrected chi connectivity index (χ1v) is 7.36. The van der Waals surface area contributed by atoms with Crippen LogP contribution in [-0.2, 0) is 0 Å². The Bertz CT molecular complexity index is 182. The summed E-state index contributed by atoms with van der Waals surface area (Å²) in [5, 5.41) is 0. The van der Waals surface area contributed by atoms with Gasteiger partial charge in [-0.25, -0.2) is 0 Å². The number of rotatable bonds is 11. The van der Waals surface area contributed by atoms with Gasteiger partial charge in [0.1, 0.15) is 0 Å². The van der Waals surface area contributed by atoms with Crippen LogP contribution in [0.25, 0.3) is 0 Å². The molecule has 1 heteroatoms. The van der Waals surface area contributed by atoms with Gasteiger partial charge in [-0.1, -0.05) is 0 Å². The van der Waals surface area contributed by atoms with Gasteiger partial charge < -0.3 is 0 Å². The van der Waals surface area contributed by atoms with Crippen LogP contribution in [0.3, 0.4) is 0 Å².